The number of benzene rings is 2. The first-order valence-corrected chi connectivity index (χ1v) is 9.78. The maximum atomic E-state index is 12.8. The molecule has 11 heteroatoms. The molecule has 0 aliphatic carbocycles. The van der Waals surface area contributed by atoms with Crippen molar-refractivity contribution < 1.29 is 30.6 Å². The van der Waals surface area contributed by atoms with Gasteiger partial charge in [-0.2, -0.15) is 31.8 Å². The van der Waals surface area contributed by atoms with E-state index in [1.165, 1.54) is 36.2 Å². The standard InChI is InChI=1S/C18H16F3N3O4S/c1-11(25)24-17(13-2-6-14(7-3-13)18(19,20)21)10-16(23-24)12-4-8-15(9-5-12)28-29(22,26)27/h2-9,17H,10H2,1H3,(H2,22,26,27). The quantitative estimate of drug-likeness (QED) is 0.810. The predicted octanol–water partition coefficient (Wildman–Crippen LogP) is 2.99. The van der Waals surface area contributed by atoms with E-state index in [1.807, 2.05) is 0 Å². The van der Waals surface area contributed by atoms with E-state index in [2.05, 4.69) is 9.28 Å². The number of carbonyl (C=O) groups is 1. The Hall–Kier alpha value is -2.92. The van der Waals surface area contributed by atoms with Crippen LogP contribution in [-0.4, -0.2) is 25.0 Å². The molecule has 0 spiro atoms. The van der Waals surface area contributed by atoms with Gasteiger partial charge >= 0.3 is 16.5 Å². The number of hydrogen-bond donors (Lipinski definition) is 1. The number of rotatable bonds is 4. The molecule has 0 fully saturated rings. The summed E-state index contributed by atoms with van der Waals surface area (Å²) in [4.78, 5) is 12.0. The molecule has 3 rings (SSSR count). The molecule has 0 saturated carbocycles. The van der Waals surface area contributed by atoms with E-state index >= 15 is 0 Å². The van der Waals surface area contributed by atoms with Gasteiger partial charge in [0.2, 0.25) is 5.91 Å². The van der Waals surface area contributed by atoms with E-state index in [1.54, 1.807) is 12.1 Å². The van der Waals surface area contributed by atoms with Crippen molar-refractivity contribution in [1.29, 1.82) is 0 Å². The van der Waals surface area contributed by atoms with E-state index in [0.29, 0.717) is 16.8 Å². The van der Waals surface area contributed by atoms with Crippen LogP contribution in [-0.2, 0) is 21.3 Å². The normalized spacial score (nSPS) is 17.2. The number of alkyl halides is 3. The van der Waals surface area contributed by atoms with Crippen LogP contribution in [0.2, 0.25) is 0 Å². The fourth-order valence-electron chi connectivity index (χ4n) is 2.97. The van der Waals surface area contributed by atoms with Crippen LogP contribution in [0.5, 0.6) is 5.75 Å². The molecule has 0 aromatic heterocycles. The third kappa shape index (κ3) is 4.93. The van der Waals surface area contributed by atoms with Gasteiger partial charge < -0.3 is 4.18 Å². The molecule has 0 bridgehead atoms. The SMILES string of the molecule is CC(=O)N1N=C(c2ccc(OS(N)(=O)=O)cc2)CC1c1ccc(C(F)(F)F)cc1. The van der Waals surface area contributed by atoms with Crippen molar-refractivity contribution in [2.24, 2.45) is 10.2 Å². The molecule has 1 aliphatic heterocycles. The Morgan fingerprint density at radius 2 is 1.72 bits per heavy atom. The lowest BCUT2D eigenvalue weighted by molar-refractivity contribution is -0.137. The van der Waals surface area contributed by atoms with Gasteiger partial charge in [0.25, 0.3) is 0 Å². The monoisotopic (exact) mass is 427 g/mol. The van der Waals surface area contributed by atoms with Gasteiger partial charge in [-0.25, -0.2) is 5.01 Å². The summed E-state index contributed by atoms with van der Waals surface area (Å²) in [6.45, 7) is 1.31. The Balaban J connectivity index is 1.84. The highest BCUT2D eigenvalue weighted by atomic mass is 32.2. The van der Waals surface area contributed by atoms with E-state index in [9.17, 15) is 26.4 Å². The van der Waals surface area contributed by atoms with Gasteiger partial charge in [0.05, 0.1) is 17.3 Å². The number of hydrazone groups is 1. The van der Waals surface area contributed by atoms with Gasteiger partial charge in [0.15, 0.2) is 0 Å². The molecule has 1 aliphatic rings. The molecule has 154 valence electrons. The fourth-order valence-corrected chi connectivity index (χ4v) is 3.35. The lowest BCUT2D eigenvalue weighted by Gasteiger charge is -2.21. The summed E-state index contributed by atoms with van der Waals surface area (Å²) < 4.78 is 64.8. The average molecular weight is 427 g/mol. The van der Waals surface area contributed by atoms with E-state index in [0.717, 1.165) is 12.1 Å². The Morgan fingerprint density at radius 3 is 2.21 bits per heavy atom. The topological polar surface area (TPSA) is 102 Å². The summed E-state index contributed by atoms with van der Waals surface area (Å²) in [6.07, 6.45) is -4.17. The van der Waals surface area contributed by atoms with Gasteiger partial charge in [-0.05, 0) is 47.5 Å². The van der Waals surface area contributed by atoms with Crippen LogP contribution in [0.3, 0.4) is 0 Å². The van der Waals surface area contributed by atoms with Crippen molar-refractivity contribution in [3.63, 3.8) is 0 Å². The van der Waals surface area contributed by atoms with Gasteiger partial charge in [0.1, 0.15) is 5.75 Å². The molecule has 1 heterocycles. The van der Waals surface area contributed by atoms with Crippen molar-refractivity contribution >= 4 is 21.9 Å². The van der Waals surface area contributed by atoms with Gasteiger partial charge in [-0.15, -0.1) is 0 Å². The summed E-state index contributed by atoms with van der Waals surface area (Å²) in [5, 5.41) is 10.3. The molecule has 1 atom stereocenters. The first-order chi connectivity index (χ1) is 13.4. The second-order valence-corrected chi connectivity index (χ2v) is 7.50. The van der Waals surface area contributed by atoms with Gasteiger partial charge in [-0.1, -0.05) is 12.1 Å². The number of nitrogens with two attached hydrogens (primary N) is 1. The van der Waals surface area contributed by atoms with Crippen LogP contribution < -0.4 is 9.32 Å². The molecule has 0 saturated heterocycles. The minimum absolute atomic E-state index is 0.0116. The number of hydrogen-bond acceptors (Lipinski definition) is 5. The molecule has 2 N–H and O–H groups in total. The molecule has 0 radical (unpaired) electrons. The molecule has 29 heavy (non-hydrogen) atoms. The molecule has 7 nitrogen and oxygen atoms in total. The van der Waals surface area contributed by atoms with Crippen LogP contribution in [0.15, 0.2) is 53.6 Å². The van der Waals surface area contributed by atoms with Crippen molar-refractivity contribution in [2.45, 2.75) is 25.6 Å². The number of carbonyl (C=O) groups excluding carboxylic acids is 1. The lowest BCUT2D eigenvalue weighted by atomic mass is 9.97. The zero-order chi connectivity index (χ0) is 21.4. The average Bonchev–Trinajstić information content (AvgIpc) is 3.06. The van der Waals surface area contributed by atoms with Crippen LogP contribution in [0.1, 0.15) is 36.1 Å². The smallest absolute Gasteiger partial charge is 0.371 e. The minimum atomic E-state index is -4.45. The highest BCUT2D eigenvalue weighted by Crippen LogP contribution is 2.35. The first-order valence-electron chi connectivity index (χ1n) is 8.31. The predicted molar refractivity (Wildman–Crippen MR) is 98.0 cm³/mol. The highest BCUT2D eigenvalue weighted by Gasteiger charge is 2.33. The van der Waals surface area contributed by atoms with E-state index in [4.69, 9.17) is 5.14 Å². The zero-order valence-electron chi connectivity index (χ0n) is 15.1. The van der Waals surface area contributed by atoms with Crippen LogP contribution in [0, 0.1) is 0 Å². The fraction of sp³-hybridized carbons (Fsp3) is 0.222. The third-order valence-corrected chi connectivity index (χ3v) is 4.68. The summed E-state index contributed by atoms with van der Waals surface area (Å²) in [6, 6.07) is 9.88. The van der Waals surface area contributed by atoms with Crippen LogP contribution in [0.4, 0.5) is 13.2 Å². The van der Waals surface area contributed by atoms with E-state index in [-0.39, 0.29) is 18.1 Å². The second kappa shape index (κ2) is 7.48. The summed E-state index contributed by atoms with van der Waals surface area (Å²) >= 11 is 0. The summed E-state index contributed by atoms with van der Waals surface area (Å²) in [5.74, 6) is -0.350. The molecular formula is C18H16F3N3O4S. The Kier molecular flexibility index (Phi) is 5.37. The van der Waals surface area contributed by atoms with Crippen molar-refractivity contribution in [3.8, 4) is 5.75 Å². The van der Waals surface area contributed by atoms with Crippen LogP contribution >= 0.6 is 0 Å². The molecule has 2 aromatic rings. The molecule has 1 amide bonds. The maximum absolute atomic E-state index is 12.8. The first kappa shape index (κ1) is 20.8. The zero-order valence-corrected chi connectivity index (χ0v) is 15.9. The number of amides is 1. The third-order valence-electron chi connectivity index (χ3n) is 4.26. The number of halogens is 3. The van der Waals surface area contributed by atoms with E-state index < -0.39 is 28.1 Å². The van der Waals surface area contributed by atoms with Gasteiger partial charge in [0, 0.05) is 13.3 Å². The summed E-state index contributed by atoms with van der Waals surface area (Å²) in [5.41, 5.74) is 0.862. The van der Waals surface area contributed by atoms with Crippen molar-refractivity contribution in [1.82, 2.24) is 5.01 Å². The molecule has 2 aromatic carbocycles. The van der Waals surface area contributed by atoms with Crippen molar-refractivity contribution in [2.75, 3.05) is 0 Å². The molecule has 1 unspecified atom stereocenters. The second-order valence-electron chi connectivity index (χ2n) is 6.35. The van der Waals surface area contributed by atoms with Gasteiger partial charge in [-0.3, -0.25) is 4.79 Å². The summed E-state index contributed by atoms with van der Waals surface area (Å²) in [7, 11) is -4.15. The molecular weight excluding hydrogens is 411 g/mol. The minimum Gasteiger partial charge on any atom is -0.371 e. The number of nitrogens with zero attached hydrogens (tertiary/aromatic N) is 2. The van der Waals surface area contributed by atoms with Crippen LogP contribution in [0.25, 0.3) is 0 Å². The Labute approximate surface area is 164 Å². The highest BCUT2D eigenvalue weighted by molar-refractivity contribution is 7.84. The van der Waals surface area contributed by atoms with Crippen molar-refractivity contribution in [3.05, 3.63) is 65.2 Å². The largest absolute Gasteiger partial charge is 0.416 e. The Bertz CT molecular complexity index is 1050. The lowest BCUT2D eigenvalue weighted by Crippen LogP contribution is -2.24. The Morgan fingerprint density at radius 1 is 1.14 bits per heavy atom. The maximum Gasteiger partial charge on any atom is 0.416 e.